The van der Waals surface area contributed by atoms with E-state index in [1.165, 1.54) is 0 Å². The molecule has 0 saturated carbocycles. The Kier molecular flexibility index (Phi) is 4.56. The first-order valence-electron chi connectivity index (χ1n) is 6.36. The molecule has 0 saturated heterocycles. The van der Waals surface area contributed by atoms with Crippen molar-refractivity contribution in [3.63, 3.8) is 0 Å². The summed E-state index contributed by atoms with van der Waals surface area (Å²) in [5, 5.41) is 23.1. The second-order valence-electron chi connectivity index (χ2n) is 4.41. The number of ether oxygens (including phenoxy) is 1. The summed E-state index contributed by atoms with van der Waals surface area (Å²) in [5.41, 5.74) is 2.47. The van der Waals surface area contributed by atoms with Gasteiger partial charge in [-0.1, -0.05) is 17.3 Å². The average Bonchev–Trinajstić information content (AvgIpc) is 2.50. The Morgan fingerprint density at radius 3 is 3.10 bits per heavy atom. The number of nitrogens with zero attached hydrogens (tertiary/aromatic N) is 2. The number of benzene rings is 1. The van der Waals surface area contributed by atoms with Gasteiger partial charge in [-0.15, -0.1) is 0 Å². The van der Waals surface area contributed by atoms with Crippen molar-refractivity contribution >= 4 is 11.6 Å². The first kappa shape index (κ1) is 13.9. The van der Waals surface area contributed by atoms with Crippen molar-refractivity contribution < 1.29 is 14.7 Å². The zero-order valence-electron chi connectivity index (χ0n) is 10.9. The van der Waals surface area contributed by atoms with E-state index in [9.17, 15) is 4.79 Å². The van der Waals surface area contributed by atoms with Gasteiger partial charge in [0.15, 0.2) is 6.61 Å². The average molecular weight is 273 g/mol. The Balaban J connectivity index is 2.10. The van der Waals surface area contributed by atoms with Gasteiger partial charge in [-0.05, 0) is 25.3 Å². The summed E-state index contributed by atoms with van der Waals surface area (Å²) >= 11 is 0. The first-order chi connectivity index (χ1) is 9.76. The van der Waals surface area contributed by atoms with Gasteiger partial charge in [0.05, 0.1) is 11.8 Å². The highest BCUT2D eigenvalue weighted by Gasteiger charge is 2.19. The van der Waals surface area contributed by atoms with Gasteiger partial charge in [-0.25, -0.2) is 0 Å². The summed E-state index contributed by atoms with van der Waals surface area (Å²) in [5.74, 6) is 0.284. The lowest BCUT2D eigenvalue weighted by atomic mass is 9.89. The molecule has 1 aliphatic carbocycles. The predicted molar refractivity (Wildman–Crippen MR) is 71.8 cm³/mol. The molecule has 6 heteroatoms. The molecule has 2 N–H and O–H groups in total. The van der Waals surface area contributed by atoms with E-state index >= 15 is 0 Å². The van der Waals surface area contributed by atoms with Gasteiger partial charge in [-0.2, -0.15) is 5.26 Å². The van der Waals surface area contributed by atoms with E-state index in [0.717, 1.165) is 30.4 Å². The van der Waals surface area contributed by atoms with Crippen molar-refractivity contribution in [3.05, 3.63) is 29.3 Å². The van der Waals surface area contributed by atoms with Crippen molar-refractivity contribution in [2.45, 2.75) is 19.3 Å². The van der Waals surface area contributed by atoms with Crippen LogP contribution < -0.4 is 10.1 Å². The van der Waals surface area contributed by atoms with Crippen molar-refractivity contribution in [1.29, 1.82) is 5.26 Å². The number of amides is 1. The SMILES string of the molecule is N#CCNC(=O)COc1cccc2c1CCCC2=NO. The van der Waals surface area contributed by atoms with E-state index in [1.807, 2.05) is 12.1 Å². The van der Waals surface area contributed by atoms with Crippen LogP contribution in [0.2, 0.25) is 0 Å². The number of oxime groups is 1. The Hall–Kier alpha value is -2.55. The molecule has 1 amide bonds. The lowest BCUT2D eigenvalue weighted by Crippen LogP contribution is -2.29. The molecule has 1 aromatic rings. The summed E-state index contributed by atoms with van der Waals surface area (Å²) in [6.07, 6.45) is 2.44. The van der Waals surface area contributed by atoms with Crippen LogP contribution in [0.4, 0.5) is 0 Å². The van der Waals surface area contributed by atoms with E-state index in [0.29, 0.717) is 11.5 Å². The molecule has 0 unspecified atom stereocenters. The van der Waals surface area contributed by atoms with Crippen LogP contribution in [0.1, 0.15) is 24.0 Å². The highest BCUT2D eigenvalue weighted by atomic mass is 16.5. The Bertz CT molecular complexity index is 576. The lowest BCUT2D eigenvalue weighted by Gasteiger charge is -2.20. The van der Waals surface area contributed by atoms with Crippen LogP contribution >= 0.6 is 0 Å². The molecular weight excluding hydrogens is 258 g/mol. The molecule has 1 aliphatic rings. The molecule has 0 aromatic heterocycles. The second kappa shape index (κ2) is 6.57. The number of carbonyl (C=O) groups excluding carboxylic acids is 1. The number of nitriles is 1. The van der Waals surface area contributed by atoms with Crippen molar-refractivity contribution in [3.8, 4) is 11.8 Å². The lowest BCUT2D eigenvalue weighted by molar-refractivity contribution is -0.122. The fourth-order valence-corrected chi connectivity index (χ4v) is 2.23. The molecule has 2 rings (SSSR count). The van der Waals surface area contributed by atoms with Gasteiger partial charge in [-0.3, -0.25) is 4.79 Å². The third-order valence-electron chi connectivity index (χ3n) is 3.13. The van der Waals surface area contributed by atoms with Crippen LogP contribution in [0.15, 0.2) is 23.4 Å². The molecule has 104 valence electrons. The number of hydrogen-bond acceptors (Lipinski definition) is 5. The highest BCUT2D eigenvalue weighted by Crippen LogP contribution is 2.29. The van der Waals surface area contributed by atoms with Gasteiger partial charge in [0.2, 0.25) is 0 Å². The quantitative estimate of drug-likeness (QED) is 0.490. The zero-order valence-corrected chi connectivity index (χ0v) is 10.9. The molecule has 0 aliphatic heterocycles. The van der Waals surface area contributed by atoms with E-state index in [2.05, 4.69) is 10.5 Å². The fraction of sp³-hybridized carbons (Fsp3) is 0.357. The van der Waals surface area contributed by atoms with E-state index < -0.39 is 0 Å². The van der Waals surface area contributed by atoms with E-state index in [1.54, 1.807) is 12.1 Å². The van der Waals surface area contributed by atoms with E-state index in [-0.39, 0.29) is 19.1 Å². The molecule has 20 heavy (non-hydrogen) atoms. The molecule has 0 spiro atoms. The van der Waals surface area contributed by atoms with Crippen LogP contribution in [0.3, 0.4) is 0 Å². The van der Waals surface area contributed by atoms with Crippen molar-refractivity contribution in [2.24, 2.45) is 5.16 Å². The van der Waals surface area contributed by atoms with Gasteiger partial charge >= 0.3 is 0 Å². The van der Waals surface area contributed by atoms with Crippen LogP contribution in [-0.4, -0.2) is 30.0 Å². The summed E-state index contributed by atoms with van der Waals surface area (Å²) < 4.78 is 5.50. The second-order valence-corrected chi connectivity index (χ2v) is 4.41. The van der Waals surface area contributed by atoms with Crippen LogP contribution in [0.5, 0.6) is 5.75 Å². The maximum Gasteiger partial charge on any atom is 0.258 e. The normalized spacial score (nSPS) is 15.2. The molecule has 0 heterocycles. The van der Waals surface area contributed by atoms with Crippen molar-refractivity contribution in [1.82, 2.24) is 5.32 Å². The fourth-order valence-electron chi connectivity index (χ4n) is 2.23. The molecule has 0 atom stereocenters. The molecule has 0 bridgehead atoms. The van der Waals surface area contributed by atoms with Crippen LogP contribution in [-0.2, 0) is 11.2 Å². The smallest absolute Gasteiger partial charge is 0.258 e. The van der Waals surface area contributed by atoms with Crippen LogP contribution in [0.25, 0.3) is 0 Å². The summed E-state index contributed by atoms with van der Waals surface area (Å²) in [4.78, 5) is 11.4. The molecule has 1 aromatic carbocycles. The minimum absolute atomic E-state index is 0.0313. The third-order valence-corrected chi connectivity index (χ3v) is 3.13. The summed E-state index contributed by atoms with van der Waals surface area (Å²) in [7, 11) is 0. The predicted octanol–water partition coefficient (Wildman–Crippen LogP) is 1.22. The maximum absolute atomic E-state index is 11.4. The van der Waals surface area contributed by atoms with Crippen molar-refractivity contribution in [2.75, 3.05) is 13.2 Å². The number of hydrogen-bond donors (Lipinski definition) is 2. The number of rotatable bonds is 4. The van der Waals surface area contributed by atoms with Gasteiger partial charge in [0, 0.05) is 11.1 Å². The first-order valence-corrected chi connectivity index (χ1v) is 6.36. The zero-order chi connectivity index (χ0) is 14.4. The van der Waals surface area contributed by atoms with Gasteiger partial charge < -0.3 is 15.3 Å². The maximum atomic E-state index is 11.4. The highest BCUT2D eigenvalue weighted by molar-refractivity contribution is 6.02. The van der Waals surface area contributed by atoms with Gasteiger partial charge in [0.25, 0.3) is 5.91 Å². The molecule has 6 nitrogen and oxygen atoms in total. The Labute approximate surface area is 116 Å². The van der Waals surface area contributed by atoms with Crippen LogP contribution in [0, 0.1) is 11.3 Å². The third kappa shape index (κ3) is 3.06. The monoisotopic (exact) mass is 273 g/mol. The molecule has 0 radical (unpaired) electrons. The summed E-state index contributed by atoms with van der Waals surface area (Å²) in [6.45, 7) is -0.167. The van der Waals surface area contributed by atoms with E-state index in [4.69, 9.17) is 15.2 Å². The number of fused-ring (bicyclic) bond motifs is 1. The minimum atomic E-state index is -0.337. The Morgan fingerprint density at radius 1 is 1.50 bits per heavy atom. The Morgan fingerprint density at radius 2 is 2.35 bits per heavy atom. The van der Waals surface area contributed by atoms with Gasteiger partial charge in [0.1, 0.15) is 12.3 Å². The number of carbonyl (C=O) groups is 1. The standard InChI is InChI=1S/C14H15N3O3/c15-7-8-16-14(18)9-20-13-6-2-3-10-11(13)4-1-5-12(10)17-19/h2-3,6,19H,1,4-5,8-9H2,(H,16,18). The molecule has 0 fully saturated rings. The number of nitrogens with one attached hydrogen (secondary N) is 1. The molecular formula is C14H15N3O3. The topological polar surface area (TPSA) is 94.7 Å². The summed E-state index contributed by atoms with van der Waals surface area (Å²) in [6, 6.07) is 7.30. The largest absolute Gasteiger partial charge is 0.483 e. The minimum Gasteiger partial charge on any atom is -0.483 e.